The van der Waals surface area contributed by atoms with Crippen molar-refractivity contribution in [1.29, 1.82) is 0 Å². The highest BCUT2D eigenvalue weighted by atomic mass is 35.5. The van der Waals surface area contributed by atoms with Crippen LogP contribution in [0.3, 0.4) is 0 Å². The van der Waals surface area contributed by atoms with Gasteiger partial charge in [0.25, 0.3) is 0 Å². The van der Waals surface area contributed by atoms with E-state index in [0.29, 0.717) is 17.3 Å². The molecule has 0 spiro atoms. The molecule has 18 heavy (non-hydrogen) atoms. The van der Waals surface area contributed by atoms with E-state index in [0.717, 1.165) is 19.3 Å². The maximum atomic E-state index is 11.5. The van der Waals surface area contributed by atoms with Crippen LogP contribution in [0, 0.1) is 0 Å². The first-order valence-corrected chi connectivity index (χ1v) is 6.36. The molecule has 1 aromatic carbocycles. The lowest BCUT2D eigenvalue weighted by molar-refractivity contribution is -0.136. The second-order valence-corrected chi connectivity index (χ2v) is 4.36. The summed E-state index contributed by atoms with van der Waals surface area (Å²) in [5, 5.41) is 5.65. The highest BCUT2D eigenvalue weighted by Crippen LogP contribution is 2.13. The summed E-state index contributed by atoms with van der Waals surface area (Å²) >= 11 is 5.72. The minimum Gasteiger partial charge on any atom is -0.348 e. The molecule has 0 bridgehead atoms. The highest BCUT2D eigenvalue weighted by Gasteiger charge is 2.12. The second kappa shape index (κ2) is 7.71. The van der Waals surface area contributed by atoms with Gasteiger partial charge in [0.15, 0.2) is 0 Å². The Balaban J connectivity index is 2.35. The number of carbonyl (C=O) groups is 2. The molecule has 2 N–H and O–H groups in total. The van der Waals surface area contributed by atoms with Crippen LogP contribution in [0.2, 0.25) is 5.02 Å². The lowest BCUT2D eigenvalue weighted by Crippen LogP contribution is -2.35. The molecule has 2 amide bonds. The molecule has 4 nitrogen and oxygen atoms in total. The fourth-order valence-electron chi connectivity index (χ4n) is 1.38. The molecule has 0 unspecified atom stereocenters. The van der Waals surface area contributed by atoms with Crippen molar-refractivity contribution in [2.75, 3.05) is 11.9 Å². The third kappa shape index (κ3) is 5.19. The van der Waals surface area contributed by atoms with Crippen LogP contribution in [-0.4, -0.2) is 18.4 Å². The molecule has 0 fully saturated rings. The summed E-state index contributed by atoms with van der Waals surface area (Å²) in [4.78, 5) is 22.9. The molecular formula is C13H17ClN2O2. The van der Waals surface area contributed by atoms with Crippen molar-refractivity contribution in [3.63, 3.8) is 0 Å². The van der Waals surface area contributed by atoms with E-state index in [1.165, 1.54) is 0 Å². The molecule has 0 heterocycles. The van der Waals surface area contributed by atoms with Crippen molar-refractivity contribution in [2.45, 2.75) is 26.2 Å². The average molecular weight is 269 g/mol. The fourth-order valence-corrected chi connectivity index (χ4v) is 1.50. The van der Waals surface area contributed by atoms with Crippen LogP contribution in [0.1, 0.15) is 26.2 Å². The lowest BCUT2D eigenvalue weighted by atomic mass is 10.2. The number of carbonyl (C=O) groups excluding carboxylic acids is 2. The zero-order valence-electron chi connectivity index (χ0n) is 10.3. The van der Waals surface area contributed by atoms with E-state index in [2.05, 4.69) is 17.6 Å². The number of hydrogen-bond donors (Lipinski definition) is 2. The maximum Gasteiger partial charge on any atom is 0.313 e. The van der Waals surface area contributed by atoms with Gasteiger partial charge >= 0.3 is 11.8 Å². The van der Waals surface area contributed by atoms with Gasteiger partial charge in [-0.2, -0.15) is 0 Å². The van der Waals surface area contributed by atoms with Gasteiger partial charge in [0.1, 0.15) is 0 Å². The molecule has 98 valence electrons. The zero-order chi connectivity index (χ0) is 13.4. The number of amides is 2. The third-order valence-electron chi connectivity index (χ3n) is 2.37. The molecular weight excluding hydrogens is 252 g/mol. The standard InChI is InChI=1S/C13H17ClN2O2/c1-2-3-4-9-15-12(17)13(18)16-11-7-5-10(14)6-8-11/h5-8H,2-4,9H2,1H3,(H,15,17)(H,16,18). The molecule has 0 radical (unpaired) electrons. The van der Waals surface area contributed by atoms with Crippen LogP contribution in [0.25, 0.3) is 0 Å². The van der Waals surface area contributed by atoms with E-state index in [9.17, 15) is 9.59 Å². The Morgan fingerprint density at radius 2 is 1.78 bits per heavy atom. The molecule has 0 aliphatic carbocycles. The minimum atomic E-state index is -0.658. The monoisotopic (exact) mass is 268 g/mol. The van der Waals surface area contributed by atoms with Crippen LogP contribution in [0.5, 0.6) is 0 Å². The summed E-state index contributed by atoms with van der Waals surface area (Å²) in [6.07, 6.45) is 3.00. The van der Waals surface area contributed by atoms with Crippen molar-refractivity contribution < 1.29 is 9.59 Å². The van der Waals surface area contributed by atoms with E-state index in [4.69, 9.17) is 11.6 Å². The predicted octanol–water partition coefficient (Wildman–Crippen LogP) is 2.58. The number of halogens is 1. The van der Waals surface area contributed by atoms with E-state index < -0.39 is 11.8 Å². The summed E-state index contributed by atoms with van der Waals surface area (Å²) in [6, 6.07) is 6.59. The SMILES string of the molecule is CCCCCNC(=O)C(=O)Nc1ccc(Cl)cc1. The van der Waals surface area contributed by atoms with Crippen molar-refractivity contribution in [1.82, 2.24) is 5.32 Å². The molecule has 5 heteroatoms. The largest absolute Gasteiger partial charge is 0.348 e. The number of benzene rings is 1. The van der Waals surface area contributed by atoms with Crippen molar-refractivity contribution >= 4 is 29.1 Å². The summed E-state index contributed by atoms with van der Waals surface area (Å²) in [6.45, 7) is 2.61. The smallest absolute Gasteiger partial charge is 0.313 e. The Kier molecular flexibility index (Phi) is 6.22. The molecule has 1 rings (SSSR count). The van der Waals surface area contributed by atoms with Crippen molar-refractivity contribution in [2.24, 2.45) is 0 Å². The molecule has 0 atom stereocenters. The van der Waals surface area contributed by atoms with E-state index in [1.807, 2.05) is 0 Å². The van der Waals surface area contributed by atoms with E-state index in [1.54, 1.807) is 24.3 Å². The fraction of sp³-hybridized carbons (Fsp3) is 0.385. The first kappa shape index (κ1) is 14.5. The summed E-state index contributed by atoms with van der Waals surface area (Å²) in [7, 11) is 0. The van der Waals surface area contributed by atoms with Crippen molar-refractivity contribution in [3.8, 4) is 0 Å². The maximum absolute atomic E-state index is 11.5. The molecule has 0 aliphatic rings. The number of rotatable bonds is 5. The molecule has 0 aromatic heterocycles. The van der Waals surface area contributed by atoms with Gasteiger partial charge in [-0.05, 0) is 30.7 Å². The van der Waals surface area contributed by atoms with Crippen molar-refractivity contribution in [3.05, 3.63) is 29.3 Å². The molecule has 1 aromatic rings. The van der Waals surface area contributed by atoms with Gasteiger partial charge < -0.3 is 10.6 Å². The van der Waals surface area contributed by atoms with Gasteiger partial charge in [0.2, 0.25) is 0 Å². The number of unbranched alkanes of at least 4 members (excludes halogenated alkanes) is 2. The first-order chi connectivity index (χ1) is 8.63. The van der Waals surface area contributed by atoms with Crippen LogP contribution in [0.15, 0.2) is 24.3 Å². The van der Waals surface area contributed by atoms with Crippen LogP contribution < -0.4 is 10.6 Å². The summed E-state index contributed by atoms with van der Waals surface area (Å²) < 4.78 is 0. The number of hydrogen-bond acceptors (Lipinski definition) is 2. The molecule has 0 aliphatic heterocycles. The third-order valence-corrected chi connectivity index (χ3v) is 2.63. The average Bonchev–Trinajstić information content (AvgIpc) is 2.37. The quantitative estimate of drug-likeness (QED) is 0.637. The molecule has 0 saturated heterocycles. The van der Waals surface area contributed by atoms with E-state index in [-0.39, 0.29) is 0 Å². The summed E-state index contributed by atoms with van der Waals surface area (Å²) in [5.41, 5.74) is 0.549. The van der Waals surface area contributed by atoms with Crippen LogP contribution in [0.4, 0.5) is 5.69 Å². The Bertz CT molecular complexity index is 404. The zero-order valence-corrected chi connectivity index (χ0v) is 11.1. The normalized spacial score (nSPS) is 9.89. The Hall–Kier alpha value is -1.55. The Labute approximate surface area is 112 Å². The first-order valence-electron chi connectivity index (χ1n) is 5.98. The predicted molar refractivity (Wildman–Crippen MR) is 72.6 cm³/mol. The van der Waals surface area contributed by atoms with E-state index >= 15 is 0 Å². The Morgan fingerprint density at radius 3 is 2.39 bits per heavy atom. The van der Waals surface area contributed by atoms with Crippen LogP contribution in [-0.2, 0) is 9.59 Å². The van der Waals surface area contributed by atoms with Gasteiger partial charge in [-0.15, -0.1) is 0 Å². The van der Waals surface area contributed by atoms with Gasteiger partial charge in [-0.1, -0.05) is 31.4 Å². The van der Waals surface area contributed by atoms with Gasteiger partial charge in [-0.25, -0.2) is 0 Å². The topological polar surface area (TPSA) is 58.2 Å². The number of nitrogens with one attached hydrogen (secondary N) is 2. The van der Waals surface area contributed by atoms with Gasteiger partial charge in [-0.3, -0.25) is 9.59 Å². The lowest BCUT2D eigenvalue weighted by Gasteiger charge is -2.06. The number of anilines is 1. The van der Waals surface area contributed by atoms with Gasteiger partial charge in [0, 0.05) is 17.3 Å². The second-order valence-electron chi connectivity index (χ2n) is 3.92. The Morgan fingerprint density at radius 1 is 1.11 bits per heavy atom. The van der Waals surface area contributed by atoms with Gasteiger partial charge in [0.05, 0.1) is 0 Å². The highest BCUT2D eigenvalue weighted by molar-refractivity contribution is 6.39. The molecule has 0 saturated carbocycles. The summed E-state index contributed by atoms with van der Waals surface area (Å²) in [5.74, 6) is -1.27. The van der Waals surface area contributed by atoms with Crippen LogP contribution >= 0.6 is 11.6 Å². The minimum absolute atomic E-state index is 0.528.